The summed E-state index contributed by atoms with van der Waals surface area (Å²) in [6, 6.07) is 9.51. The van der Waals surface area contributed by atoms with E-state index in [1.807, 2.05) is 38.1 Å². The molecule has 0 fully saturated rings. The lowest BCUT2D eigenvalue weighted by atomic mass is 10.2. The Morgan fingerprint density at radius 1 is 1.43 bits per heavy atom. The minimum absolute atomic E-state index is 0.173. The third kappa shape index (κ3) is 2.98. The van der Waals surface area contributed by atoms with Crippen LogP contribution in [-0.4, -0.2) is 12.6 Å². The van der Waals surface area contributed by atoms with E-state index in [1.165, 1.54) is 0 Å². The summed E-state index contributed by atoms with van der Waals surface area (Å²) in [5.41, 5.74) is 0.933. The van der Waals surface area contributed by atoms with E-state index >= 15 is 0 Å². The first-order chi connectivity index (χ1) is 6.76. The summed E-state index contributed by atoms with van der Waals surface area (Å²) in [6.07, 6.45) is 0. The molecule has 0 bridgehead atoms. The SMILES string of the molecule is CCOc1ccc(NC(C)C#N)cc1. The molecule has 0 saturated carbocycles. The van der Waals surface area contributed by atoms with Gasteiger partial charge in [-0.2, -0.15) is 5.26 Å². The summed E-state index contributed by atoms with van der Waals surface area (Å²) < 4.78 is 5.30. The van der Waals surface area contributed by atoms with Gasteiger partial charge in [-0.05, 0) is 38.1 Å². The van der Waals surface area contributed by atoms with Gasteiger partial charge >= 0.3 is 0 Å². The standard InChI is InChI=1S/C11H14N2O/c1-3-14-11-6-4-10(5-7-11)13-9(2)8-12/h4-7,9,13H,3H2,1-2H3. The van der Waals surface area contributed by atoms with Crippen LogP contribution in [0, 0.1) is 11.3 Å². The van der Waals surface area contributed by atoms with Crippen LogP contribution < -0.4 is 10.1 Å². The van der Waals surface area contributed by atoms with Crippen molar-refractivity contribution in [2.45, 2.75) is 19.9 Å². The lowest BCUT2D eigenvalue weighted by Crippen LogP contribution is -2.11. The van der Waals surface area contributed by atoms with Crippen LogP contribution in [0.25, 0.3) is 0 Å². The molecule has 74 valence electrons. The Bertz CT molecular complexity index is 313. The third-order valence-electron chi connectivity index (χ3n) is 1.74. The van der Waals surface area contributed by atoms with Crippen LogP contribution in [0.4, 0.5) is 5.69 Å². The largest absolute Gasteiger partial charge is 0.494 e. The molecule has 1 rings (SSSR count). The summed E-state index contributed by atoms with van der Waals surface area (Å²) in [5.74, 6) is 0.850. The van der Waals surface area contributed by atoms with E-state index in [0.717, 1.165) is 11.4 Å². The Morgan fingerprint density at radius 3 is 2.57 bits per heavy atom. The van der Waals surface area contributed by atoms with Gasteiger partial charge in [-0.1, -0.05) is 0 Å². The number of anilines is 1. The van der Waals surface area contributed by atoms with Crippen LogP contribution in [0.1, 0.15) is 13.8 Å². The predicted octanol–water partition coefficient (Wildman–Crippen LogP) is 2.41. The maximum absolute atomic E-state index is 8.60. The topological polar surface area (TPSA) is 45.0 Å². The number of nitrogens with zero attached hydrogens (tertiary/aromatic N) is 1. The van der Waals surface area contributed by atoms with Gasteiger partial charge in [0.2, 0.25) is 0 Å². The molecule has 1 atom stereocenters. The summed E-state index contributed by atoms with van der Waals surface area (Å²) in [7, 11) is 0. The quantitative estimate of drug-likeness (QED) is 0.793. The monoisotopic (exact) mass is 190 g/mol. The van der Waals surface area contributed by atoms with Gasteiger partial charge in [-0.3, -0.25) is 0 Å². The van der Waals surface area contributed by atoms with Gasteiger partial charge in [0.25, 0.3) is 0 Å². The van der Waals surface area contributed by atoms with E-state index < -0.39 is 0 Å². The molecule has 0 aromatic heterocycles. The molecule has 0 heterocycles. The molecule has 1 aromatic rings. The average Bonchev–Trinajstić information content (AvgIpc) is 2.21. The molecule has 0 aliphatic rings. The lowest BCUT2D eigenvalue weighted by molar-refractivity contribution is 0.340. The van der Waals surface area contributed by atoms with Crippen molar-refractivity contribution in [1.29, 1.82) is 5.26 Å². The molecular weight excluding hydrogens is 176 g/mol. The minimum Gasteiger partial charge on any atom is -0.494 e. The second-order valence-corrected chi connectivity index (χ2v) is 2.95. The van der Waals surface area contributed by atoms with E-state index in [9.17, 15) is 0 Å². The fourth-order valence-electron chi connectivity index (χ4n) is 1.10. The van der Waals surface area contributed by atoms with Gasteiger partial charge in [0, 0.05) is 5.69 Å². The van der Waals surface area contributed by atoms with Crippen molar-refractivity contribution in [3.63, 3.8) is 0 Å². The lowest BCUT2D eigenvalue weighted by Gasteiger charge is -2.08. The third-order valence-corrected chi connectivity index (χ3v) is 1.74. The zero-order valence-corrected chi connectivity index (χ0v) is 8.45. The maximum Gasteiger partial charge on any atom is 0.119 e. The number of nitrogens with one attached hydrogen (secondary N) is 1. The normalized spacial score (nSPS) is 11.5. The van der Waals surface area contributed by atoms with Crippen molar-refractivity contribution in [3.8, 4) is 11.8 Å². The van der Waals surface area contributed by atoms with Crippen molar-refractivity contribution in [2.24, 2.45) is 0 Å². The highest BCUT2D eigenvalue weighted by Gasteiger charge is 1.98. The first kappa shape index (κ1) is 10.4. The number of rotatable bonds is 4. The Morgan fingerprint density at radius 2 is 2.07 bits per heavy atom. The van der Waals surface area contributed by atoms with Crippen molar-refractivity contribution in [3.05, 3.63) is 24.3 Å². The fraction of sp³-hybridized carbons (Fsp3) is 0.364. The highest BCUT2D eigenvalue weighted by molar-refractivity contribution is 5.47. The molecular formula is C11H14N2O. The predicted molar refractivity (Wildman–Crippen MR) is 56.3 cm³/mol. The molecule has 1 aromatic carbocycles. The van der Waals surface area contributed by atoms with Crippen molar-refractivity contribution >= 4 is 5.69 Å². The Labute approximate surface area is 84.3 Å². The summed E-state index contributed by atoms with van der Waals surface area (Å²) in [5, 5.41) is 11.6. The Hall–Kier alpha value is -1.69. The fourth-order valence-corrected chi connectivity index (χ4v) is 1.10. The van der Waals surface area contributed by atoms with E-state index in [2.05, 4.69) is 11.4 Å². The Balaban J connectivity index is 2.60. The van der Waals surface area contributed by atoms with Crippen molar-refractivity contribution < 1.29 is 4.74 Å². The van der Waals surface area contributed by atoms with Gasteiger partial charge in [0.15, 0.2) is 0 Å². The first-order valence-corrected chi connectivity index (χ1v) is 4.65. The molecule has 0 spiro atoms. The van der Waals surface area contributed by atoms with Gasteiger partial charge in [0.1, 0.15) is 11.8 Å². The molecule has 3 heteroatoms. The zero-order chi connectivity index (χ0) is 10.4. The van der Waals surface area contributed by atoms with Crippen LogP contribution in [0.15, 0.2) is 24.3 Å². The van der Waals surface area contributed by atoms with Gasteiger partial charge < -0.3 is 10.1 Å². The van der Waals surface area contributed by atoms with E-state index in [1.54, 1.807) is 0 Å². The molecule has 0 aliphatic carbocycles. The van der Waals surface area contributed by atoms with Crippen LogP contribution >= 0.6 is 0 Å². The summed E-state index contributed by atoms with van der Waals surface area (Å²) >= 11 is 0. The Kier molecular flexibility index (Phi) is 3.81. The van der Waals surface area contributed by atoms with Gasteiger partial charge in [0.05, 0.1) is 12.7 Å². The molecule has 0 saturated heterocycles. The number of nitriles is 1. The number of hydrogen-bond acceptors (Lipinski definition) is 3. The molecule has 0 aliphatic heterocycles. The highest BCUT2D eigenvalue weighted by Crippen LogP contribution is 2.15. The molecule has 1 N–H and O–H groups in total. The van der Waals surface area contributed by atoms with Crippen LogP contribution in [0.2, 0.25) is 0 Å². The highest BCUT2D eigenvalue weighted by atomic mass is 16.5. The van der Waals surface area contributed by atoms with Crippen molar-refractivity contribution in [1.82, 2.24) is 0 Å². The first-order valence-electron chi connectivity index (χ1n) is 4.65. The number of benzene rings is 1. The van der Waals surface area contributed by atoms with Crippen LogP contribution in [0.5, 0.6) is 5.75 Å². The van der Waals surface area contributed by atoms with E-state index in [-0.39, 0.29) is 6.04 Å². The second kappa shape index (κ2) is 5.13. The molecule has 1 unspecified atom stereocenters. The van der Waals surface area contributed by atoms with Crippen LogP contribution in [0.3, 0.4) is 0 Å². The number of ether oxygens (including phenoxy) is 1. The zero-order valence-electron chi connectivity index (χ0n) is 8.45. The summed E-state index contributed by atoms with van der Waals surface area (Å²) in [6.45, 7) is 4.43. The summed E-state index contributed by atoms with van der Waals surface area (Å²) in [4.78, 5) is 0. The van der Waals surface area contributed by atoms with Gasteiger partial charge in [-0.15, -0.1) is 0 Å². The van der Waals surface area contributed by atoms with Crippen molar-refractivity contribution in [2.75, 3.05) is 11.9 Å². The smallest absolute Gasteiger partial charge is 0.119 e. The molecule has 0 amide bonds. The van der Waals surface area contributed by atoms with E-state index in [0.29, 0.717) is 6.61 Å². The maximum atomic E-state index is 8.60. The molecule has 0 radical (unpaired) electrons. The van der Waals surface area contributed by atoms with Crippen LogP contribution in [-0.2, 0) is 0 Å². The van der Waals surface area contributed by atoms with E-state index in [4.69, 9.17) is 10.00 Å². The molecule has 3 nitrogen and oxygen atoms in total. The average molecular weight is 190 g/mol. The second-order valence-electron chi connectivity index (χ2n) is 2.95. The van der Waals surface area contributed by atoms with Gasteiger partial charge in [-0.25, -0.2) is 0 Å². The molecule has 14 heavy (non-hydrogen) atoms. The number of hydrogen-bond donors (Lipinski definition) is 1. The minimum atomic E-state index is -0.173.